The van der Waals surface area contributed by atoms with Gasteiger partial charge in [-0.1, -0.05) is 101 Å². The van der Waals surface area contributed by atoms with Gasteiger partial charge in [0.05, 0.1) is 17.3 Å². The van der Waals surface area contributed by atoms with Gasteiger partial charge in [-0.05, 0) is 55.3 Å². The molecular formula is C30H41ClN2O. The summed E-state index contributed by atoms with van der Waals surface area (Å²) in [6, 6.07) is 16.0. The highest BCUT2D eigenvalue weighted by atomic mass is 35.5. The van der Waals surface area contributed by atoms with E-state index < -0.39 is 6.10 Å². The molecule has 0 amide bonds. The minimum Gasteiger partial charge on any atom is -0.387 e. The van der Waals surface area contributed by atoms with Crippen LogP contribution in [0.25, 0.3) is 22.2 Å². The molecule has 1 aromatic heterocycles. The molecule has 0 fully saturated rings. The molecule has 0 aliphatic carbocycles. The maximum Gasteiger partial charge on any atom is 0.0921 e. The van der Waals surface area contributed by atoms with Crippen molar-refractivity contribution in [1.29, 1.82) is 0 Å². The Morgan fingerprint density at radius 2 is 1.50 bits per heavy atom. The number of unbranched alkanes of at least 4 members (excludes halogenated alkanes) is 9. The summed E-state index contributed by atoms with van der Waals surface area (Å²) >= 11 is 6.07. The van der Waals surface area contributed by atoms with E-state index in [-0.39, 0.29) is 0 Å². The molecule has 0 aliphatic rings. The molecule has 184 valence electrons. The number of hydrogen-bond acceptors (Lipinski definition) is 3. The predicted molar refractivity (Wildman–Crippen MR) is 147 cm³/mol. The van der Waals surface area contributed by atoms with Gasteiger partial charge in [0.1, 0.15) is 0 Å². The van der Waals surface area contributed by atoms with Crippen LogP contribution in [0.15, 0.2) is 48.5 Å². The smallest absolute Gasteiger partial charge is 0.0921 e. The lowest BCUT2D eigenvalue weighted by atomic mass is 9.99. The summed E-state index contributed by atoms with van der Waals surface area (Å²) < 4.78 is 0. The highest BCUT2D eigenvalue weighted by Gasteiger charge is 2.15. The lowest BCUT2D eigenvalue weighted by Crippen LogP contribution is -2.22. The van der Waals surface area contributed by atoms with Crippen molar-refractivity contribution >= 4 is 22.5 Å². The van der Waals surface area contributed by atoms with Gasteiger partial charge in [0, 0.05) is 22.5 Å². The number of halogens is 1. The molecule has 1 atom stereocenters. The van der Waals surface area contributed by atoms with Crippen molar-refractivity contribution in [3.8, 4) is 11.3 Å². The van der Waals surface area contributed by atoms with E-state index in [1.807, 2.05) is 30.3 Å². The number of pyridine rings is 1. The van der Waals surface area contributed by atoms with E-state index in [4.69, 9.17) is 16.6 Å². The van der Waals surface area contributed by atoms with Crippen LogP contribution < -0.4 is 5.32 Å². The Labute approximate surface area is 211 Å². The molecule has 2 aromatic carbocycles. The Bertz CT molecular complexity index is 1000. The first kappa shape index (κ1) is 26.7. The number of aliphatic hydroxyl groups excluding tert-OH is 1. The summed E-state index contributed by atoms with van der Waals surface area (Å²) in [7, 11) is 0. The summed E-state index contributed by atoms with van der Waals surface area (Å²) in [6.45, 7) is 5.83. The number of nitrogens with zero attached hydrogens (tertiary/aromatic N) is 1. The third kappa shape index (κ3) is 8.37. The SMILES string of the molecule is CCCCCCCCCCCCNCC(O)c1cc(-c2ccc(Cl)cc2)nc2cc(C)ccc12. The van der Waals surface area contributed by atoms with Crippen molar-refractivity contribution in [1.82, 2.24) is 10.3 Å². The Balaban J connectivity index is 1.50. The summed E-state index contributed by atoms with van der Waals surface area (Å²) in [5.41, 5.74) is 4.85. The van der Waals surface area contributed by atoms with Crippen molar-refractivity contribution < 1.29 is 5.11 Å². The van der Waals surface area contributed by atoms with Crippen LogP contribution in [0.4, 0.5) is 0 Å². The Kier molecular flexibility index (Phi) is 11.3. The third-order valence-corrected chi connectivity index (χ3v) is 6.79. The number of rotatable bonds is 15. The van der Waals surface area contributed by atoms with Gasteiger partial charge in [-0.3, -0.25) is 0 Å². The molecule has 4 heteroatoms. The van der Waals surface area contributed by atoms with Crippen LogP contribution >= 0.6 is 11.6 Å². The monoisotopic (exact) mass is 480 g/mol. The van der Waals surface area contributed by atoms with Crippen molar-refractivity contribution in [3.05, 3.63) is 64.7 Å². The maximum atomic E-state index is 11.1. The van der Waals surface area contributed by atoms with Gasteiger partial charge in [-0.25, -0.2) is 4.98 Å². The minimum absolute atomic E-state index is 0.546. The Hall–Kier alpha value is -1.94. The highest BCUT2D eigenvalue weighted by molar-refractivity contribution is 6.30. The fraction of sp³-hybridized carbons (Fsp3) is 0.500. The molecule has 2 N–H and O–H groups in total. The molecule has 0 bridgehead atoms. The van der Waals surface area contributed by atoms with E-state index >= 15 is 0 Å². The number of aryl methyl sites for hydroxylation is 1. The molecule has 0 saturated heterocycles. The Morgan fingerprint density at radius 1 is 0.853 bits per heavy atom. The van der Waals surface area contributed by atoms with Crippen LogP contribution in [0.1, 0.15) is 88.4 Å². The lowest BCUT2D eigenvalue weighted by molar-refractivity contribution is 0.176. The van der Waals surface area contributed by atoms with Gasteiger partial charge >= 0.3 is 0 Å². The molecule has 34 heavy (non-hydrogen) atoms. The molecule has 0 radical (unpaired) electrons. The van der Waals surface area contributed by atoms with Crippen molar-refractivity contribution in [2.45, 2.75) is 84.2 Å². The van der Waals surface area contributed by atoms with E-state index in [2.05, 4.69) is 37.4 Å². The zero-order valence-corrected chi connectivity index (χ0v) is 21.7. The van der Waals surface area contributed by atoms with Crippen LogP contribution in [0.2, 0.25) is 5.02 Å². The van der Waals surface area contributed by atoms with Crippen molar-refractivity contribution in [3.63, 3.8) is 0 Å². The van der Waals surface area contributed by atoms with Crippen LogP contribution in [-0.2, 0) is 0 Å². The summed E-state index contributed by atoms with van der Waals surface area (Å²) in [6.07, 6.45) is 12.8. The van der Waals surface area contributed by atoms with Gasteiger partial charge in [0.2, 0.25) is 0 Å². The van der Waals surface area contributed by atoms with Crippen molar-refractivity contribution in [2.75, 3.05) is 13.1 Å². The first-order chi connectivity index (χ1) is 16.6. The molecule has 0 spiro atoms. The number of aromatic nitrogens is 1. The van der Waals surface area contributed by atoms with Crippen LogP contribution in [0.3, 0.4) is 0 Å². The van der Waals surface area contributed by atoms with Gasteiger partial charge in [-0.2, -0.15) is 0 Å². The number of fused-ring (bicyclic) bond motifs is 1. The van der Waals surface area contributed by atoms with Gasteiger partial charge < -0.3 is 10.4 Å². The molecular weight excluding hydrogens is 440 g/mol. The zero-order valence-electron chi connectivity index (χ0n) is 21.0. The fourth-order valence-corrected chi connectivity index (χ4v) is 4.62. The number of benzene rings is 2. The Morgan fingerprint density at radius 3 is 2.18 bits per heavy atom. The maximum absolute atomic E-state index is 11.1. The predicted octanol–water partition coefficient (Wildman–Crippen LogP) is 8.41. The average molecular weight is 481 g/mol. The summed E-state index contributed by atoms with van der Waals surface area (Å²) in [5.74, 6) is 0. The fourth-order valence-electron chi connectivity index (χ4n) is 4.50. The van der Waals surface area contributed by atoms with E-state index in [1.54, 1.807) is 0 Å². The second kappa shape index (κ2) is 14.5. The molecule has 3 aromatic rings. The highest BCUT2D eigenvalue weighted by Crippen LogP contribution is 2.30. The molecule has 3 nitrogen and oxygen atoms in total. The minimum atomic E-state index is -0.581. The topological polar surface area (TPSA) is 45.1 Å². The van der Waals surface area contributed by atoms with E-state index in [1.165, 1.54) is 57.8 Å². The lowest BCUT2D eigenvalue weighted by Gasteiger charge is -2.17. The first-order valence-electron chi connectivity index (χ1n) is 13.1. The second-order valence-electron chi connectivity index (χ2n) is 9.53. The van der Waals surface area contributed by atoms with E-state index in [0.29, 0.717) is 11.6 Å². The molecule has 3 rings (SSSR count). The van der Waals surface area contributed by atoms with Crippen LogP contribution in [0.5, 0.6) is 0 Å². The quantitative estimate of drug-likeness (QED) is 0.214. The average Bonchev–Trinajstić information content (AvgIpc) is 2.84. The van der Waals surface area contributed by atoms with Crippen LogP contribution in [-0.4, -0.2) is 23.2 Å². The third-order valence-electron chi connectivity index (χ3n) is 6.54. The summed E-state index contributed by atoms with van der Waals surface area (Å²) in [4.78, 5) is 4.87. The van der Waals surface area contributed by atoms with Crippen molar-refractivity contribution in [2.24, 2.45) is 0 Å². The summed E-state index contributed by atoms with van der Waals surface area (Å²) in [5, 5.41) is 16.2. The van der Waals surface area contributed by atoms with E-state index in [9.17, 15) is 5.11 Å². The largest absolute Gasteiger partial charge is 0.387 e. The van der Waals surface area contributed by atoms with Crippen LogP contribution in [0, 0.1) is 6.92 Å². The van der Waals surface area contributed by atoms with Gasteiger partial charge in [-0.15, -0.1) is 0 Å². The molecule has 1 heterocycles. The number of aliphatic hydroxyl groups is 1. The standard InChI is InChI=1S/C30H41ClN2O/c1-3-4-5-6-7-8-9-10-11-12-19-32-22-30(34)27-21-28(24-14-16-25(31)17-15-24)33-29-20-23(2)13-18-26(27)29/h13-18,20-21,30,32,34H,3-12,19,22H2,1-2H3. The van der Waals surface area contributed by atoms with Gasteiger partial charge in [0.15, 0.2) is 0 Å². The first-order valence-corrected chi connectivity index (χ1v) is 13.5. The molecule has 0 aliphatic heterocycles. The second-order valence-corrected chi connectivity index (χ2v) is 9.96. The van der Waals surface area contributed by atoms with Gasteiger partial charge in [0.25, 0.3) is 0 Å². The number of hydrogen-bond donors (Lipinski definition) is 2. The zero-order chi connectivity index (χ0) is 24.2. The van der Waals surface area contributed by atoms with E-state index in [0.717, 1.165) is 46.3 Å². The molecule has 0 saturated carbocycles. The normalized spacial score (nSPS) is 12.4. The number of nitrogens with one attached hydrogen (secondary N) is 1. The molecule has 1 unspecified atom stereocenters.